The average molecular weight is 224 g/mol. The minimum absolute atomic E-state index is 0.648. The topological polar surface area (TPSA) is 15.3 Å². The molecule has 1 aliphatic carbocycles. The van der Waals surface area contributed by atoms with Crippen molar-refractivity contribution >= 4 is 0 Å². The van der Waals surface area contributed by atoms with Crippen molar-refractivity contribution in [1.29, 1.82) is 0 Å². The lowest BCUT2D eigenvalue weighted by atomic mass is 9.66. The third-order valence-corrected chi connectivity index (χ3v) is 4.55. The van der Waals surface area contributed by atoms with Crippen LogP contribution in [0.3, 0.4) is 0 Å². The highest BCUT2D eigenvalue weighted by Gasteiger charge is 2.43. The molecule has 0 aromatic heterocycles. The van der Waals surface area contributed by atoms with Crippen molar-refractivity contribution in [1.82, 2.24) is 10.2 Å². The summed E-state index contributed by atoms with van der Waals surface area (Å²) in [6.45, 7) is 12.0. The van der Waals surface area contributed by atoms with Crippen molar-refractivity contribution < 1.29 is 0 Å². The van der Waals surface area contributed by atoms with E-state index in [0.29, 0.717) is 6.04 Å². The summed E-state index contributed by atoms with van der Waals surface area (Å²) < 4.78 is 0. The zero-order chi connectivity index (χ0) is 11.6. The van der Waals surface area contributed by atoms with E-state index >= 15 is 0 Å². The quantitative estimate of drug-likeness (QED) is 0.789. The Kier molecular flexibility index (Phi) is 3.91. The fraction of sp³-hybridized carbons (Fsp3) is 1.00. The number of hydrogen-bond donors (Lipinski definition) is 1. The number of nitrogens with one attached hydrogen (secondary N) is 1. The van der Waals surface area contributed by atoms with E-state index < -0.39 is 0 Å². The van der Waals surface area contributed by atoms with E-state index in [9.17, 15) is 0 Å². The predicted molar refractivity (Wildman–Crippen MR) is 69.6 cm³/mol. The van der Waals surface area contributed by atoms with Crippen molar-refractivity contribution in [3.8, 4) is 0 Å². The molecule has 0 radical (unpaired) electrons. The van der Waals surface area contributed by atoms with E-state index in [4.69, 9.17) is 0 Å². The SMILES string of the molecule is CCN1CC2(CCC(CNC(C)C)CC2)C1. The molecule has 2 fully saturated rings. The van der Waals surface area contributed by atoms with Crippen molar-refractivity contribution in [3.05, 3.63) is 0 Å². The summed E-state index contributed by atoms with van der Waals surface area (Å²) >= 11 is 0. The maximum Gasteiger partial charge on any atom is 0.00504 e. The van der Waals surface area contributed by atoms with Gasteiger partial charge in [-0.1, -0.05) is 20.8 Å². The Hall–Kier alpha value is -0.0800. The van der Waals surface area contributed by atoms with Crippen LogP contribution in [-0.2, 0) is 0 Å². The summed E-state index contributed by atoms with van der Waals surface area (Å²) in [7, 11) is 0. The zero-order valence-corrected chi connectivity index (χ0v) is 11.3. The number of likely N-dealkylation sites (tertiary alicyclic amines) is 1. The summed E-state index contributed by atoms with van der Waals surface area (Å²) in [5, 5.41) is 3.59. The van der Waals surface area contributed by atoms with Gasteiger partial charge in [-0.15, -0.1) is 0 Å². The summed E-state index contributed by atoms with van der Waals surface area (Å²) in [6, 6.07) is 0.648. The zero-order valence-electron chi connectivity index (χ0n) is 11.3. The molecule has 0 aromatic carbocycles. The molecule has 2 nitrogen and oxygen atoms in total. The van der Waals surface area contributed by atoms with Crippen LogP contribution >= 0.6 is 0 Å². The second-order valence-corrected chi connectivity index (χ2v) is 6.31. The largest absolute Gasteiger partial charge is 0.314 e. The van der Waals surface area contributed by atoms with Gasteiger partial charge in [0.2, 0.25) is 0 Å². The van der Waals surface area contributed by atoms with E-state index in [1.54, 1.807) is 0 Å². The Morgan fingerprint density at radius 2 is 1.88 bits per heavy atom. The summed E-state index contributed by atoms with van der Waals surface area (Å²) in [5.74, 6) is 0.948. The van der Waals surface area contributed by atoms with E-state index in [0.717, 1.165) is 11.3 Å². The number of nitrogens with zero attached hydrogens (tertiary/aromatic N) is 1. The molecular formula is C14H28N2. The third kappa shape index (κ3) is 2.78. The van der Waals surface area contributed by atoms with Crippen molar-refractivity contribution in [2.45, 2.75) is 52.5 Å². The fourth-order valence-corrected chi connectivity index (χ4v) is 3.34. The molecule has 0 aromatic rings. The summed E-state index contributed by atoms with van der Waals surface area (Å²) in [4.78, 5) is 2.59. The summed E-state index contributed by atoms with van der Waals surface area (Å²) in [5.41, 5.74) is 0.740. The second-order valence-electron chi connectivity index (χ2n) is 6.31. The molecule has 1 saturated carbocycles. The molecule has 1 saturated heterocycles. The molecule has 2 rings (SSSR count). The fourth-order valence-electron chi connectivity index (χ4n) is 3.34. The molecule has 94 valence electrons. The first-order chi connectivity index (χ1) is 7.63. The van der Waals surface area contributed by atoms with E-state index in [1.807, 2.05) is 0 Å². The second kappa shape index (κ2) is 5.05. The lowest BCUT2D eigenvalue weighted by Gasteiger charge is -2.53. The van der Waals surface area contributed by atoms with Crippen LogP contribution in [0.25, 0.3) is 0 Å². The molecule has 1 N–H and O–H groups in total. The Labute approximate surface area is 101 Å². The normalized spacial score (nSPS) is 26.2. The Bertz CT molecular complexity index is 209. The van der Waals surface area contributed by atoms with Crippen LogP contribution in [0.5, 0.6) is 0 Å². The van der Waals surface area contributed by atoms with Gasteiger partial charge in [0, 0.05) is 19.1 Å². The summed E-state index contributed by atoms with van der Waals surface area (Å²) in [6.07, 6.45) is 5.87. The maximum atomic E-state index is 3.59. The standard InChI is InChI=1S/C14H28N2/c1-4-16-10-14(11-16)7-5-13(6-8-14)9-15-12(2)3/h12-13,15H,4-11H2,1-3H3. The average Bonchev–Trinajstić information content (AvgIpc) is 2.24. The van der Waals surface area contributed by atoms with Gasteiger partial charge in [0.15, 0.2) is 0 Å². The molecule has 16 heavy (non-hydrogen) atoms. The Morgan fingerprint density at radius 3 is 2.38 bits per heavy atom. The predicted octanol–water partition coefficient (Wildman–Crippen LogP) is 2.50. The van der Waals surface area contributed by atoms with Gasteiger partial charge in [-0.3, -0.25) is 0 Å². The van der Waals surface area contributed by atoms with Crippen molar-refractivity contribution in [2.75, 3.05) is 26.2 Å². The van der Waals surface area contributed by atoms with E-state index in [1.165, 1.54) is 51.9 Å². The molecule has 2 aliphatic rings. The van der Waals surface area contributed by atoms with Crippen LogP contribution in [0.4, 0.5) is 0 Å². The smallest absolute Gasteiger partial charge is 0.00504 e. The van der Waals surface area contributed by atoms with Gasteiger partial charge < -0.3 is 10.2 Å². The van der Waals surface area contributed by atoms with E-state index in [2.05, 4.69) is 31.0 Å². The molecule has 0 atom stereocenters. The minimum Gasteiger partial charge on any atom is -0.314 e. The highest BCUT2D eigenvalue weighted by molar-refractivity contribution is 4.97. The Balaban J connectivity index is 1.67. The van der Waals surface area contributed by atoms with Crippen LogP contribution in [0.15, 0.2) is 0 Å². The van der Waals surface area contributed by atoms with Gasteiger partial charge in [-0.05, 0) is 50.1 Å². The van der Waals surface area contributed by atoms with Crippen molar-refractivity contribution in [3.63, 3.8) is 0 Å². The molecule has 1 heterocycles. The first-order valence-electron chi connectivity index (χ1n) is 7.09. The molecule has 2 heteroatoms. The molecule has 1 aliphatic heterocycles. The van der Waals surface area contributed by atoms with Gasteiger partial charge in [0.05, 0.1) is 0 Å². The van der Waals surface area contributed by atoms with Crippen LogP contribution in [-0.4, -0.2) is 37.1 Å². The molecule has 0 bridgehead atoms. The lowest BCUT2D eigenvalue weighted by Crippen LogP contribution is -2.57. The monoisotopic (exact) mass is 224 g/mol. The van der Waals surface area contributed by atoms with Crippen LogP contribution in [0.2, 0.25) is 0 Å². The lowest BCUT2D eigenvalue weighted by molar-refractivity contribution is -0.0344. The molecule has 0 unspecified atom stereocenters. The third-order valence-electron chi connectivity index (χ3n) is 4.55. The molecule has 1 spiro atoms. The first-order valence-corrected chi connectivity index (χ1v) is 7.09. The number of hydrogen-bond acceptors (Lipinski definition) is 2. The van der Waals surface area contributed by atoms with Crippen LogP contribution in [0, 0.1) is 11.3 Å². The molecule has 0 amide bonds. The van der Waals surface area contributed by atoms with Crippen molar-refractivity contribution in [2.24, 2.45) is 11.3 Å². The van der Waals surface area contributed by atoms with Gasteiger partial charge >= 0.3 is 0 Å². The highest BCUT2D eigenvalue weighted by Crippen LogP contribution is 2.45. The van der Waals surface area contributed by atoms with E-state index in [-0.39, 0.29) is 0 Å². The van der Waals surface area contributed by atoms with Crippen LogP contribution in [0.1, 0.15) is 46.5 Å². The van der Waals surface area contributed by atoms with Gasteiger partial charge in [-0.2, -0.15) is 0 Å². The highest BCUT2D eigenvalue weighted by atomic mass is 15.2. The maximum absolute atomic E-state index is 3.59. The minimum atomic E-state index is 0.648. The van der Waals surface area contributed by atoms with Gasteiger partial charge in [0.1, 0.15) is 0 Å². The number of rotatable bonds is 4. The van der Waals surface area contributed by atoms with Gasteiger partial charge in [0.25, 0.3) is 0 Å². The van der Waals surface area contributed by atoms with Gasteiger partial charge in [-0.25, -0.2) is 0 Å². The first kappa shape index (κ1) is 12.4. The van der Waals surface area contributed by atoms with Crippen LogP contribution < -0.4 is 5.32 Å². The molecular weight excluding hydrogens is 196 g/mol. The Morgan fingerprint density at radius 1 is 1.25 bits per heavy atom.